The molecule has 0 unspecified atom stereocenters. The lowest BCUT2D eigenvalue weighted by Gasteiger charge is -2.34. The van der Waals surface area contributed by atoms with Gasteiger partial charge in [-0.1, -0.05) is 135 Å². The van der Waals surface area contributed by atoms with Crippen molar-refractivity contribution >= 4 is 45.0 Å². The number of halogens is 3. The van der Waals surface area contributed by atoms with Gasteiger partial charge in [0.25, 0.3) is 0 Å². The van der Waals surface area contributed by atoms with Gasteiger partial charge in [0.1, 0.15) is 8.07 Å². The first-order valence-corrected chi connectivity index (χ1v) is 21.5. The van der Waals surface area contributed by atoms with E-state index in [2.05, 4.69) is 88.8 Å². The van der Waals surface area contributed by atoms with E-state index in [0.717, 1.165) is 5.19 Å². The molecule has 0 fully saturated rings. The standard InChI is InChI=1S/C27H35F3Si3/c1-31(2,3)23-18-24(32(4,5)6)26(20-12-10-9-11-13-20)25(19-23)33(7,8)22-16-14-21(15-17-22)27(28,29)30/h9-19H,1-8H3. The summed E-state index contributed by atoms with van der Waals surface area (Å²) < 4.78 is 39.6. The highest BCUT2D eigenvalue weighted by Gasteiger charge is 2.36. The van der Waals surface area contributed by atoms with Crippen LogP contribution < -0.4 is 20.7 Å². The van der Waals surface area contributed by atoms with E-state index in [-0.39, 0.29) is 0 Å². The second-order valence-electron chi connectivity index (χ2n) is 11.5. The van der Waals surface area contributed by atoms with E-state index in [1.807, 2.05) is 6.07 Å². The van der Waals surface area contributed by atoms with E-state index >= 15 is 0 Å². The summed E-state index contributed by atoms with van der Waals surface area (Å²) in [6, 6.07) is 21.3. The van der Waals surface area contributed by atoms with Crippen molar-refractivity contribution in [1.29, 1.82) is 0 Å². The Morgan fingerprint density at radius 1 is 0.576 bits per heavy atom. The zero-order chi connectivity index (χ0) is 24.8. The molecule has 0 saturated carbocycles. The smallest absolute Gasteiger partial charge is 0.166 e. The molecule has 3 aromatic rings. The van der Waals surface area contributed by atoms with Gasteiger partial charge in [0, 0.05) is 0 Å². The maximum atomic E-state index is 13.2. The van der Waals surface area contributed by atoms with Gasteiger partial charge >= 0.3 is 6.18 Å². The Morgan fingerprint density at radius 3 is 1.55 bits per heavy atom. The maximum absolute atomic E-state index is 13.2. The summed E-state index contributed by atoms with van der Waals surface area (Å²) in [7, 11) is -5.64. The van der Waals surface area contributed by atoms with Crippen molar-refractivity contribution in [3.63, 3.8) is 0 Å². The maximum Gasteiger partial charge on any atom is 0.416 e. The monoisotopic (exact) mass is 500 g/mol. The van der Waals surface area contributed by atoms with E-state index in [9.17, 15) is 13.2 Å². The van der Waals surface area contributed by atoms with E-state index in [1.54, 1.807) is 12.1 Å². The van der Waals surface area contributed by atoms with E-state index in [1.165, 1.54) is 38.8 Å². The molecule has 0 heterocycles. The predicted octanol–water partition coefficient (Wildman–Crippen LogP) is 6.29. The molecule has 0 atom stereocenters. The van der Waals surface area contributed by atoms with Crippen molar-refractivity contribution in [2.45, 2.75) is 58.6 Å². The van der Waals surface area contributed by atoms with Gasteiger partial charge in [-0.25, -0.2) is 0 Å². The molecule has 33 heavy (non-hydrogen) atoms. The quantitative estimate of drug-likeness (QED) is 0.361. The minimum Gasteiger partial charge on any atom is -0.166 e. The largest absolute Gasteiger partial charge is 0.416 e. The van der Waals surface area contributed by atoms with Gasteiger partial charge in [0.2, 0.25) is 0 Å². The summed E-state index contributed by atoms with van der Waals surface area (Å²) in [5, 5.41) is 5.26. The molecule has 0 radical (unpaired) electrons. The second kappa shape index (κ2) is 8.71. The normalized spacial score (nSPS) is 13.3. The molecule has 0 spiro atoms. The highest BCUT2D eigenvalue weighted by Crippen LogP contribution is 2.29. The molecular weight excluding hydrogens is 466 g/mol. The summed E-state index contributed by atoms with van der Waals surface area (Å²) in [6.45, 7) is 18.8. The van der Waals surface area contributed by atoms with Gasteiger partial charge in [-0.05, 0) is 16.3 Å². The summed E-state index contributed by atoms with van der Waals surface area (Å²) in [5.41, 5.74) is 1.94. The fourth-order valence-corrected chi connectivity index (χ4v) is 10.2. The van der Waals surface area contributed by atoms with Crippen LogP contribution in [0.5, 0.6) is 0 Å². The molecule has 0 aliphatic carbocycles. The zero-order valence-electron chi connectivity index (χ0n) is 21.0. The number of hydrogen-bond donors (Lipinski definition) is 0. The fraction of sp³-hybridized carbons (Fsp3) is 0.333. The Labute approximate surface area is 199 Å². The van der Waals surface area contributed by atoms with Crippen LogP contribution >= 0.6 is 0 Å². The lowest BCUT2D eigenvalue weighted by molar-refractivity contribution is -0.137. The summed E-state index contributed by atoms with van der Waals surface area (Å²) in [5.74, 6) is 0. The Hall–Kier alpha value is -1.90. The van der Waals surface area contributed by atoms with Crippen LogP contribution in [0, 0.1) is 0 Å². The third-order valence-electron chi connectivity index (χ3n) is 6.48. The van der Waals surface area contributed by atoms with Crippen molar-refractivity contribution in [3.05, 3.63) is 72.3 Å². The van der Waals surface area contributed by atoms with E-state index < -0.39 is 36.0 Å². The summed E-state index contributed by atoms with van der Waals surface area (Å²) >= 11 is 0. The summed E-state index contributed by atoms with van der Waals surface area (Å²) in [6.07, 6.45) is -4.32. The minimum atomic E-state index is -4.32. The molecule has 6 heteroatoms. The molecule has 0 aromatic heterocycles. The molecule has 176 valence electrons. The first kappa shape index (κ1) is 25.7. The van der Waals surface area contributed by atoms with Gasteiger partial charge in [-0.15, -0.1) is 0 Å². The van der Waals surface area contributed by atoms with Crippen LogP contribution in [0.25, 0.3) is 11.1 Å². The minimum absolute atomic E-state index is 0.585. The van der Waals surface area contributed by atoms with Crippen LogP contribution in [-0.4, -0.2) is 24.2 Å². The first-order valence-electron chi connectivity index (χ1n) is 11.5. The Balaban J connectivity index is 2.37. The molecule has 0 amide bonds. The van der Waals surface area contributed by atoms with Crippen molar-refractivity contribution in [2.75, 3.05) is 0 Å². The molecule has 0 saturated heterocycles. The highest BCUT2D eigenvalue weighted by atomic mass is 28.3. The molecule has 3 aromatic carbocycles. The lowest BCUT2D eigenvalue weighted by atomic mass is 10.1. The number of hydrogen-bond acceptors (Lipinski definition) is 0. The van der Waals surface area contributed by atoms with Crippen molar-refractivity contribution < 1.29 is 13.2 Å². The number of alkyl halides is 3. The lowest BCUT2D eigenvalue weighted by Crippen LogP contribution is -2.59. The molecular formula is C27H35F3Si3. The molecule has 0 nitrogen and oxygen atoms in total. The van der Waals surface area contributed by atoms with Gasteiger partial charge in [-0.2, -0.15) is 13.2 Å². The average Bonchev–Trinajstić information content (AvgIpc) is 2.71. The Kier molecular flexibility index (Phi) is 6.79. The average molecular weight is 501 g/mol. The molecule has 0 N–H and O–H groups in total. The molecule has 3 rings (SSSR count). The highest BCUT2D eigenvalue weighted by molar-refractivity contribution is 7.02. The molecule has 0 aliphatic rings. The van der Waals surface area contributed by atoms with E-state index in [0.29, 0.717) is 0 Å². The number of rotatable bonds is 5. The van der Waals surface area contributed by atoms with Crippen molar-refractivity contribution in [3.8, 4) is 11.1 Å². The second-order valence-corrected chi connectivity index (χ2v) is 26.0. The van der Waals surface area contributed by atoms with Gasteiger partial charge in [-0.3, -0.25) is 0 Å². The van der Waals surface area contributed by atoms with Gasteiger partial charge in [0.05, 0.1) is 21.7 Å². The van der Waals surface area contributed by atoms with Gasteiger partial charge in [0.15, 0.2) is 0 Å². The zero-order valence-corrected chi connectivity index (χ0v) is 24.0. The SMILES string of the molecule is C[Si](C)(C)c1cc([Si](C)(C)C)c(-c2ccccc2)c([Si](C)(C)c2ccc(C(F)(F)F)cc2)c1. The van der Waals surface area contributed by atoms with Crippen LogP contribution in [-0.2, 0) is 6.18 Å². The van der Waals surface area contributed by atoms with Gasteiger partial charge < -0.3 is 0 Å². The van der Waals surface area contributed by atoms with Crippen LogP contribution in [0.1, 0.15) is 5.56 Å². The topological polar surface area (TPSA) is 0 Å². The van der Waals surface area contributed by atoms with E-state index in [4.69, 9.17) is 0 Å². The van der Waals surface area contributed by atoms with Crippen LogP contribution in [0.15, 0.2) is 66.7 Å². The van der Waals surface area contributed by atoms with Crippen molar-refractivity contribution in [1.82, 2.24) is 0 Å². The Morgan fingerprint density at radius 2 is 1.09 bits per heavy atom. The third kappa shape index (κ3) is 5.44. The third-order valence-corrected chi connectivity index (χ3v) is 14.0. The predicted molar refractivity (Wildman–Crippen MR) is 146 cm³/mol. The van der Waals surface area contributed by atoms with Crippen LogP contribution in [0.2, 0.25) is 52.4 Å². The van der Waals surface area contributed by atoms with Crippen molar-refractivity contribution in [2.24, 2.45) is 0 Å². The Bertz CT molecular complexity index is 1120. The molecule has 0 bridgehead atoms. The van der Waals surface area contributed by atoms with Crippen LogP contribution in [0.4, 0.5) is 13.2 Å². The van der Waals surface area contributed by atoms with Crippen LogP contribution in [0.3, 0.4) is 0 Å². The first-order chi connectivity index (χ1) is 15.0. The molecule has 0 aliphatic heterocycles. The fourth-order valence-electron chi connectivity index (χ4n) is 4.31. The summed E-state index contributed by atoms with van der Waals surface area (Å²) in [4.78, 5) is 0. The number of benzene rings is 3.